The van der Waals surface area contributed by atoms with Gasteiger partial charge in [0.05, 0.1) is 6.10 Å². The van der Waals surface area contributed by atoms with Gasteiger partial charge in [0.25, 0.3) is 0 Å². The van der Waals surface area contributed by atoms with Crippen LogP contribution in [-0.2, 0) is 11.2 Å². The molecule has 0 amide bonds. The van der Waals surface area contributed by atoms with Crippen molar-refractivity contribution in [2.24, 2.45) is 0 Å². The highest BCUT2D eigenvalue weighted by atomic mass is 16.5. The average molecular weight is 234 g/mol. The number of fused-ring (bicyclic) bond motifs is 1. The molecule has 3 nitrogen and oxygen atoms in total. The lowest BCUT2D eigenvalue weighted by molar-refractivity contribution is 0.0739. The van der Waals surface area contributed by atoms with Crippen molar-refractivity contribution >= 4 is 5.69 Å². The van der Waals surface area contributed by atoms with Gasteiger partial charge in [-0.25, -0.2) is 0 Å². The third-order valence-electron chi connectivity index (χ3n) is 3.35. The van der Waals surface area contributed by atoms with Gasteiger partial charge in [-0.3, -0.25) is 0 Å². The van der Waals surface area contributed by atoms with E-state index in [1.54, 1.807) is 0 Å². The van der Waals surface area contributed by atoms with Gasteiger partial charge >= 0.3 is 0 Å². The zero-order chi connectivity index (χ0) is 12.3. The molecule has 1 aliphatic carbocycles. The third-order valence-corrected chi connectivity index (χ3v) is 3.35. The predicted octanol–water partition coefficient (Wildman–Crippen LogP) is 2.27. The minimum absolute atomic E-state index is 0.276. The van der Waals surface area contributed by atoms with Gasteiger partial charge in [-0.1, -0.05) is 6.07 Å². The van der Waals surface area contributed by atoms with Crippen molar-refractivity contribution in [2.75, 3.05) is 18.9 Å². The zero-order valence-corrected chi connectivity index (χ0v) is 10.7. The van der Waals surface area contributed by atoms with Gasteiger partial charge in [0.2, 0.25) is 0 Å². The molecule has 0 radical (unpaired) electrons. The normalized spacial score (nSPS) is 20.2. The molecule has 1 aromatic carbocycles. The van der Waals surface area contributed by atoms with Gasteiger partial charge in [-0.2, -0.15) is 0 Å². The Labute approximate surface area is 103 Å². The smallest absolute Gasteiger partial charge is 0.0671 e. The zero-order valence-electron chi connectivity index (χ0n) is 10.7. The standard InChI is InChI=1S/C14H22N2O/c1-3-17-10(2)9-16-14-7-4-11-8-12(15)5-6-13(11)14/h5-6,8,10,14,16H,3-4,7,9,15H2,1-2H3. The molecule has 94 valence electrons. The minimum Gasteiger partial charge on any atom is -0.399 e. The lowest BCUT2D eigenvalue weighted by Gasteiger charge is -2.18. The number of nitrogen functional groups attached to an aromatic ring is 1. The largest absolute Gasteiger partial charge is 0.399 e. The van der Waals surface area contributed by atoms with Gasteiger partial charge in [0.1, 0.15) is 0 Å². The Morgan fingerprint density at radius 3 is 3.12 bits per heavy atom. The predicted molar refractivity (Wildman–Crippen MR) is 71.0 cm³/mol. The van der Waals surface area contributed by atoms with Gasteiger partial charge in [0.15, 0.2) is 0 Å². The number of ether oxygens (including phenoxy) is 1. The van der Waals surface area contributed by atoms with E-state index in [0.717, 1.165) is 31.7 Å². The summed E-state index contributed by atoms with van der Waals surface area (Å²) in [6, 6.07) is 6.71. The highest BCUT2D eigenvalue weighted by Gasteiger charge is 2.22. The van der Waals surface area contributed by atoms with Crippen LogP contribution in [-0.4, -0.2) is 19.3 Å². The maximum Gasteiger partial charge on any atom is 0.0671 e. The van der Waals surface area contributed by atoms with Crippen LogP contribution in [0.2, 0.25) is 0 Å². The average Bonchev–Trinajstić information content (AvgIpc) is 2.69. The molecule has 0 heterocycles. The number of hydrogen-bond donors (Lipinski definition) is 2. The molecule has 0 spiro atoms. The van der Waals surface area contributed by atoms with Crippen LogP contribution >= 0.6 is 0 Å². The van der Waals surface area contributed by atoms with Crippen molar-refractivity contribution in [3.8, 4) is 0 Å². The Morgan fingerprint density at radius 1 is 1.53 bits per heavy atom. The topological polar surface area (TPSA) is 47.3 Å². The van der Waals surface area contributed by atoms with Crippen LogP contribution in [0.15, 0.2) is 18.2 Å². The van der Waals surface area contributed by atoms with Crippen molar-refractivity contribution in [2.45, 2.75) is 38.8 Å². The Kier molecular flexibility index (Phi) is 4.02. The van der Waals surface area contributed by atoms with Crippen LogP contribution in [0.3, 0.4) is 0 Å². The monoisotopic (exact) mass is 234 g/mol. The summed E-state index contributed by atoms with van der Waals surface area (Å²) >= 11 is 0. The molecule has 0 aromatic heterocycles. The van der Waals surface area contributed by atoms with Crippen LogP contribution in [0.5, 0.6) is 0 Å². The van der Waals surface area contributed by atoms with Crippen LogP contribution in [0.4, 0.5) is 5.69 Å². The van der Waals surface area contributed by atoms with Crippen molar-refractivity contribution in [1.82, 2.24) is 5.32 Å². The van der Waals surface area contributed by atoms with E-state index in [0.29, 0.717) is 6.04 Å². The number of benzene rings is 1. The van der Waals surface area contributed by atoms with Gasteiger partial charge in [-0.15, -0.1) is 0 Å². The van der Waals surface area contributed by atoms with E-state index in [-0.39, 0.29) is 6.10 Å². The maximum atomic E-state index is 5.80. The number of anilines is 1. The fourth-order valence-corrected chi connectivity index (χ4v) is 2.50. The van der Waals surface area contributed by atoms with Crippen LogP contribution < -0.4 is 11.1 Å². The summed E-state index contributed by atoms with van der Waals surface area (Å²) in [6.07, 6.45) is 2.57. The first-order valence-corrected chi connectivity index (χ1v) is 6.44. The molecule has 17 heavy (non-hydrogen) atoms. The number of nitrogens with two attached hydrogens (primary N) is 1. The highest BCUT2D eigenvalue weighted by Crippen LogP contribution is 2.32. The summed E-state index contributed by atoms with van der Waals surface area (Å²) in [5.41, 5.74) is 9.47. The molecule has 1 aromatic rings. The van der Waals surface area contributed by atoms with Crippen molar-refractivity contribution < 1.29 is 4.74 Å². The van der Waals surface area contributed by atoms with E-state index >= 15 is 0 Å². The fourth-order valence-electron chi connectivity index (χ4n) is 2.50. The van der Waals surface area contributed by atoms with E-state index in [1.165, 1.54) is 11.1 Å². The van der Waals surface area contributed by atoms with Crippen LogP contribution in [0, 0.1) is 0 Å². The van der Waals surface area contributed by atoms with E-state index in [4.69, 9.17) is 10.5 Å². The fraction of sp³-hybridized carbons (Fsp3) is 0.571. The summed E-state index contributed by atoms with van der Waals surface area (Å²) in [5, 5.41) is 3.58. The second-order valence-corrected chi connectivity index (χ2v) is 4.72. The summed E-state index contributed by atoms with van der Waals surface area (Å²) in [6.45, 7) is 5.82. The second kappa shape index (κ2) is 5.52. The summed E-state index contributed by atoms with van der Waals surface area (Å²) in [5.74, 6) is 0. The Balaban J connectivity index is 1.93. The van der Waals surface area contributed by atoms with Gasteiger partial charge in [0, 0.05) is 24.9 Å². The molecular formula is C14H22N2O. The molecule has 0 bridgehead atoms. The molecule has 1 aliphatic rings. The van der Waals surface area contributed by atoms with E-state index < -0.39 is 0 Å². The molecule has 0 aliphatic heterocycles. The van der Waals surface area contributed by atoms with Crippen molar-refractivity contribution in [3.05, 3.63) is 29.3 Å². The van der Waals surface area contributed by atoms with Gasteiger partial charge < -0.3 is 15.8 Å². The molecule has 0 saturated heterocycles. The number of nitrogens with one attached hydrogen (secondary N) is 1. The molecule has 0 fully saturated rings. The first-order chi connectivity index (χ1) is 8.20. The van der Waals surface area contributed by atoms with E-state index in [2.05, 4.69) is 24.4 Å². The molecule has 3 N–H and O–H groups in total. The van der Waals surface area contributed by atoms with Crippen molar-refractivity contribution in [1.29, 1.82) is 0 Å². The van der Waals surface area contributed by atoms with Crippen LogP contribution in [0.1, 0.15) is 37.4 Å². The molecule has 2 unspecified atom stereocenters. The lowest BCUT2D eigenvalue weighted by atomic mass is 10.1. The first kappa shape index (κ1) is 12.4. The maximum absolute atomic E-state index is 5.80. The van der Waals surface area contributed by atoms with Crippen LogP contribution in [0.25, 0.3) is 0 Å². The Morgan fingerprint density at radius 2 is 2.35 bits per heavy atom. The minimum atomic E-state index is 0.276. The van der Waals surface area contributed by atoms with Gasteiger partial charge in [-0.05, 0) is 49.9 Å². The first-order valence-electron chi connectivity index (χ1n) is 6.44. The Hall–Kier alpha value is -1.06. The highest BCUT2D eigenvalue weighted by molar-refractivity contribution is 5.47. The SMILES string of the molecule is CCOC(C)CNC1CCc2cc(N)ccc21. The molecule has 2 atom stereocenters. The number of aryl methyl sites for hydroxylation is 1. The molecule has 3 heteroatoms. The quantitative estimate of drug-likeness (QED) is 0.768. The lowest BCUT2D eigenvalue weighted by Crippen LogP contribution is -2.29. The molecular weight excluding hydrogens is 212 g/mol. The summed E-state index contributed by atoms with van der Waals surface area (Å²) in [7, 11) is 0. The van der Waals surface area contributed by atoms with Crippen molar-refractivity contribution in [3.63, 3.8) is 0 Å². The Bertz CT molecular complexity index is 378. The van der Waals surface area contributed by atoms with E-state index in [9.17, 15) is 0 Å². The summed E-state index contributed by atoms with van der Waals surface area (Å²) in [4.78, 5) is 0. The summed E-state index contributed by atoms with van der Waals surface area (Å²) < 4.78 is 5.53. The number of rotatable bonds is 5. The second-order valence-electron chi connectivity index (χ2n) is 4.72. The van der Waals surface area contributed by atoms with E-state index in [1.807, 2.05) is 13.0 Å². The molecule has 0 saturated carbocycles. The molecule has 2 rings (SSSR count). The number of hydrogen-bond acceptors (Lipinski definition) is 3. The third kappa shape index (κ3) is 2.99.